The molecule has 6 rings (SSSR count). The molecule has 1 fully saturated rings. The summed E-state index contributed by atoms with van der Waals surface area (Å²) in [6.07, 6.45) is 5.12. The minimum atomic E-state index is -0.599. The highest BCUT2D eigenvalue weighted by atomic mass is 16.5. The highest BCUT2D eigenvalue weighted by Crippen LogP contribution is 2.39. The monoisotopic (exact) mass is 538 g/mol. The van der Waals surface area contributed by atoms with Crippen molar-refractivity contribution in [3.63, 3.8) is 0 Å². The van der Waals surface area contributed by atoms with Crippen LogP contribution in [0.3, 0.4) is 0 Å². The van der Waals surface area contributed by atoms with E-state index in [0.717, 1.165) is 60.2 Å². The highest BCUT2D eigenvalue weighted by Gasteiger charge is 2.30. The number of aromatic amines is 1. The third-order valence-corrected chi connectivity index (χ3v) is 7.28. The predicted octanol–water partition coefficient (Wildman–Crippen LogP) is 4.80. The van der Waals surface area contributed by atoms with Gasteiger partial charge in [0.15, 0.2) is 11.6 Å². The Hall–Kier alpha value is -4.60. The smallest absolute Gasteiger partial charge is 0.339 e. The fraction of sp³-hybridized carbons (Fsp3) is 0.333. The van der Waals surface area contributed by atoms with E-state index >= 15 is 0 Å². The van der Waals surface area contributed by atoms with Crippen LogP contribution in [-0.2, 0) is 19.4 Å². The molecule has 0 atom stereocenters. The van der Waals surface area contributed by atoms with Crippen molar-refractivity contribution in [3.8, 4) is 22.5 Å². The largest absolute Gasteiger partial charge is 0.439 e. The summed E-state index contributed by atoms with van der Waals surface area (Å²) in [4.78, 5) is 37.3. The van der Waals surface area contributed by atoms with Crippen LogP contribution < -0.4 is 11.3 Å². The fourth-order valence-corrected chi connectivity index (χ4v) is 4.90. The molecule has 0 saturated heterocycles. The average molecular weight is 539 g/mol. The van der Waals surface area contributed by atoms with E-state index in [2.05, 4.69) is 27.2 Å². The minimum Gasteiger partial charge on any atom is -0.339 e. The molecule has 5 aromatic rings. The van der Waals surface area contributed by atoms with Crippen molar-refractivity contribution >= 4 is 0 Å². The topological polar surface area (TPSA) is 133 Å². The zero-order chi connectivity index (χ0) is 27.6. The first kappa shape index (κ1) is 25.7. The summed E-state index contributed by atoms with van der Waals surface area (Å²) < 4.78 is 11.9. The van der Waals surface area contributed by atoms with Crippen molar-refractivity contribution in [1.29, 1.82) is 0 Å². The molecule has 10 heteroatoms. The van der Waals surface area contributed by atoms with Crippen molar-refractivity contribution in [3.05, 3.63) is 104 Å². The van der Waals surface area contributed by atoms with Crippen LogP contribution in [0.15, 0.2) is 67.2 Å². The molecule has 3 heterocycles. The van der Waals surface area contributed by atoms with Crippen LogP contribution in [0, 0.1) is 6.92 Å². The van der Waals surface area contributed by atoms with Crippen LogP contribution in [0.5, 0.6) is 0 Å². The third-order valence-electron chi connectivity index (χ3n) is 7.28. The van der Waals surface area contributed by atoms with Gasteiger partial charge in [0.25, 0.3) is 5.56 Å². The van der Waals surface area contributed by atoms with E-state index in [4.69, 9.17) is 14.0 Å². The summed E-state index contributed by atoms with van der Waals surface area (Å²) in [5.41, 5.74) is 4.83. The van der Waals surface area contributed by atoms with Gasteiger partial charge in [-0.2, -0.15) is 4.98 Å². The van der Waals surface area contributed by atoms with Gasteiger partial charge in [0.1, 0.15) is 5.82 Å². The summed E-state index contributed by atoms with van der Waals surface area (Å²) in [7, 11) is 0. The molecule has 3 aromatic heterocycles. The van der Waals surface area contributed by atoms with Crippen molar-refractivity contribution < 1.29 is 9.05 Å². The maximum atomic E-state index is 13.8. The zero-order valence-electron chi connectivity index (χ0n) is 22.5. The average Bonchev–Trinajstić information content (AvgIpc) is 3.56. The Bertz CT molecular complexity index is 1760. The second-order valence-electron chi connectivity index (χ2n) is 10.3. The number of hydrogen-bond acceptors (Lipinski definition) is 8. The number of hydrogen-bond donors (Lipinski definition) is 1. The number of unbranched alkanes of at least 4 members (excludes halogenated alkanes) is 1. The lowest BCUT2D eigenvalue weighted by Gasteiger charge is -2.16. The first-order valence-electron chi connectivity index (χ1n) is 13.7. The number of benzene rings is 2. The highest BCUT2D eigenvalue weighted by molar-refractivity contribution is 5.80. The van der Waals surface area contributed by atoms with Gasteiger partial charge in [0, 0.05) is 35.6 Å². The Morgan fingerprint density at radius 1 is 0.975 bits per heavy atom. The molecule has 1 aliphatic carbocycles. The van der Waals surface area contributed by atoms with Crippen molar-refractivity contribution in [1.82, 2.24) is 29.8 Å². The minimum absolute atomic E-state index is 0.0687. The van der Waals surface area contributed by atoms with Crippen molar-refractivity contribution in [2.75, 3.05) is 0 Å². The lowest BCUT2D eigenvalue weighted by molar-refractivity contribution is 0.374. The summed E-state index contributed by atoms with van der Waals surface area (Å²) in [5.74, 6) is 2.11. The van der Waals surface area contributed by atoms with Gasteiger partial charge in [-0.25, -0.2) is 9.78 Å². The van der Waals surface area contributed by atoms with E-state index in [1.807, 2.05) is 55.5 Å². The number of aromatic nitrogens is 6. The lowest BCUT2D eigenvalue weighted by atomic mass is 9.98. The Morgan fingerprint density at radius 3 is 2.45 bits per heavy atom. The van der Waals surface area contributed by atoms with Gasteiger partial charge >= 0.3 is 5.76 Å². The van der Waals surface area contributed by atoms with Gasteiger partial charge in [-0.05, 0) is 42.9 Å². The molecule has 1 aliphatic rings. The van der Waals surface area contributed by atoms with E-state index in [9.17, 15) is 9.59 Å². The van der Waals surface area contributed by atoms with Crippen LogP contribution in [0.4, 0.5) is 0 Å². The zero-order valence-corrected chi connectivity index (χ0v) is 22.5. The fourth-order valence-electron chi connectivity index (χ4n) is 4.90. The molecule has 0 unspecified atom stereocenters. The number of aryl methyl sites for hydroxylation is 2. The number of nitrogens with zero attached hydrogens (tertiary/aromatic N) is 5. The molecule has 204 valence electrons. The van der Waals surface area contributed by atoms with Gasteiger partial charge in [-0.1, -0.05) is 72.2 Å². The SMILES string of the molecule is CCCCc1nc(C)c(Cc2noc(C3CC3)n2)c(=O)n1Cc1ccc(-c2ccccc2-c2noc(=O)[nH]2)cc1. The Morgan fingerprint density at radius 2 is 1.75 bits per heavy atom. The van der Waals surface area contributed by atoms with Crippen molar-refractivity contribution in [2.45, 2.75) is 64.8 Å². The Kier molecular flexibility index (Phi) is 6.98. The quantitative estimate of drug-likeness (QED) is 0.268. The van der Waals surface area contributed by atoms with Crippen LogP contribution in [0.2, 0.25) is 0 Å². The summed E-state index contributed by atoms with van der Waals surface area (Å²) in [5, 5.41) is 7.96. The predicted molar refractivity (Wildman–Crippen MR) is 148 cm³/mol. The normalized spacial score (nSPS) is 13.2. The Labute approximate surface area is 230 Å². The van der Waals surface area contributed by atoms with Crippen LogP contribution >= 0.6 is 0 Å². The van der Waals surface area contributed by atoms with E-state index < -0.39 is 5.76 Å². The number of nitrogens with one attached hydrogen (secondary N) is 1. The van der Waals surface area contributed by atoms with E-state index in [-0.39, 0.29) is 5.56 Å². The van der Waals surface area contributed by atoms with Crippen LogP contribution in [0.1, 0.15) is 72.9 Å². The molecule has 0 amide bonds. The molecule has 0 aliphatic heterocycles. The lowest BCUT2D eigenvalue weighted by Crippen LogP contribution is -2.30. The molecule has 0 bridgehead atoms. The maximum Gasteiger partial charge on any atom is 0.439 e. The van der Waals surface area contributed by atoms with Gasteiger partial charge in [-0.15, -0.1) is 0 Å². The third kappa shape index (κ3) is 5.29. The van der Waals surface area contributed by atoms with Crippen molar-refractivity contribution in [2.24, 2.45) is 0 Å². The molecule has 10 nitrogen and oxygen atoms in total. The summed E-state index contributed by atoms with van der Waals surface area (Å²) in [6.45, 7) is 4.41. The summed E-state index contributed by atoms with van der Waals surface area (Å²) in [6, 6.07) is 15.7. The standard InChI is InChI=1S/C30H30N6O4/c1-3-4-9-26-31-18(2)24(16-25-32-28(39-34-25)21-14-15-21)29(37)36(26)17-19-10-12-20(13-11-19)22-7-5-6-8-23(22)27-33-30(38)40-35-27/h5-8,10-13,21H,3-4,9,14-17H2,1-2H3,(H,33,35,38). The first-order chi connectivity index (χ1) is 19.5. The molecule has 2 aromatic carbocycles. The first-order valence-corrected chi connectivity index (χ1v) is 13.7. The molecule has 0 spiro atoms. The summed E-state index contributed by atoms with van der Waals surface area (Å²) >= 11 is 0. The molecular weight excluding hydrogens is 508 g/mol. The van der Waals surface area contributed by atoms with Crippen LogP contribution in [0.25, 0.3) is 22.5 Å². The molecule has 1 N–H and O–H groups in total. The van der Waals surface area contributed by atoms with E-state index in [1.165, 1.54) is 0 Å². The maximum absolute atomic E-state index is 13.8. The molecule has 0 radical (unpaired) electrons. The van der Waals surface area contributed by atoms with Gasteiger partial charge in [-0.3, -0.25) is 18.9 Å². The Balaban J connectivity index is 1.30. The molecular formula is C30H30N6O4. The van der Waals surface area contributed by atoms with Gasteiger partial charge in [0.2, 0.25) is 5.89 Å². The van der Waals surface area contributed by atoms with Gasteiger partial charge < -0.3 is 4.52 Å². The number of rotatable bonds is 10. The second kappa shape index (κ2) is 10.9. The number of H-pyrrole nitrogens is 1. The molecule has 40 heavy (non-hydrogen) atoms. The van der Waals surface area contributed by atoms with Gasteiger partial charge in [0.05, 0.1) is 6.54 Å². The van der Waals surface area contributed by atoms with Crippen LogP contribution in [-0.4, -0.2) is 29.8 Å². The second-order valence-corrected chi connectivity index (χ2v) is 10.3. The molecule has 1 saturated carbocycles. The van der Waals surface area contributed by atoms with E-state index in [0.29, 0.717) is 47.7 Å². The van der Waals surface area contributed by atoms with E-state index in [1.54, 1.807) is 4.57 Å².